The first kappa shape index (κ1) is 13.4. The summed E-state index contributed by atoms with van der Waals surface area (Å²) in [6, 6.07) is 5.20. The lowest BCUT2D eigenvalue weighted by molar-refractivity contribution is 0.138. The summed E-state index contributed by atoms with van der Waals surface area (Å²) in [6.45, 7) is 4.06. The van der Waals surface area contributed by atoms with Gasteiger partial charge in [-0.05, 0) is 31.0 Å². The lowest BCUT2D eigenvalue weighted by Crippen LogP contribution is -2.24. The third-order valence-electron chi connectivity index (χ3n) is 3.00. The van der Waals surface area contributed by atoms with Gasteiger partial charge in [0, 0.05) is 18.7 Å². The Kier molecular flexibility index (Phi) is 3.15. The molecule has 0 aliphatic carbocycles. The zero-order valence-electron chi connectivity index (χ0n) is 10.9. The van der Waals surface area contributed by atoms with Crippen LogP contribution in [0.15, 0.2) is 18.2 Å². The van der Waals surface area contributed by atoms with Gasteiger partial charge in [-0.1, -0.05) is 12.1 Å². The van der Waals surface area contributed by atoms with Crippen molar-refractivity contribution >= 4 is 9.84 Å². The Bertz CT molecular complexity index is 564. The molecular formula is C13H19NO3S. The number of rotatable bonds is 3. The maximum absolute atomic E-state index is 11.2. The summed E-state index contributed by atoms with van der Waals surface area (Å²) >= 11 is 0. The van der Waals surface area contributed by atoms with E-state index in [4.69, 9.17) is 10.5 Å². The predicted octanol–water partition coefficient (Wildman–Crippen LogP) is 1.44. The normalized spacial score (nSPS) is 19.1. The fourth-order valence-electron chi connectivity index (χ4n) is 2.28. The standard InChI is InChI=1S/C13H19NO3S/c1-13(2)7-10-6-9(4-5-12(10)17-13)11(14)8-18(3,15)16/h4-6,11H,7-8,14H2,1-3H3. The summed E-state index contributed by atoms with van der Waals surface area (Å²) in [5.74, 6) is 0.839. The second-order valence-corrected chi connectivity index (χ2v) is 7.79. The van der Waals surface area contributed by atoms with Gasteiger partial charge in [0.25, 0.3) is 0 Å². The Morgan fingerprint density at radius 1 is 1.44 bits per heavy atom. The van der Waals surface area contributed by atoms with Crippen LogP contribution in [0.3, 0.4) is 0 Å². The van der Waals surface area contributed by atoms with E-state index in [2.05, 4.69) is 0 Å². The van der Waals surface area contributed by atoms with E-state index in [9.17, 15) is 8.42 Å². The molecule has 0 spiro atoms. The summed E-state index contributed by atoms with van der Waals surface area (Å²) in [5.41, 5.74) is 7.68. The van der Waals surface area contributed by atoms with Crippen LogP contribution in [-0.4, -0.2) is 26.0 Å². The van der Waals surface area contributed by atoms with Gasteiger partial charge >= 0.3 is 0 Å². The lowest BCUT2D eigenvalue weighted by atomic mass is 9.98. The molecule has 1 aromatic rings. The van der Waals surface area contributed by atoms with E-state index in [1.807, 2.05) is 32.0 Å². The van der Waals surface area contributed by atoms with Crippen molar-refractivity contribution < 1.29 is 13.2 Å². The minimum absolute atomic E-state index is 0.0317. The molecule has 1 aliphatic rings. The van der Waals surface area contributed by atoms with Crippen LogP contribution < -0.4 is 10.5 Å². The van der Waals surface area contributed by atoms with Gasteiger partial charge in [-0.15, -0.1) is 0 Å². The Hall–Kier alpha value is -1.07. The van der Waals surface area contributed by atoms with Crippen LogP contribution in [0.2, 0.25) is 0 Å². The molecule has 0 radical (unpaired) electrons. The molecule has 1 aromatic carbocycles. The Morgan fingerprint density at radius 2 is 2.11 bits per heavy atom. The third kappa shape index (κ3) is 3.03. The zero-order valence-corrected chi connectivity index (χ0v) is 11.8. The number of benzene rings is 1. The molecule has 2 N–H and O–H groups in total. The molecule has 4 nitrogen and oxygen atoms in total. The Morgan fingerprint density at radius 3 is 2.72 bits per heavy atom. The van der Waals surface area contributed by atoms with Crippen LogP contribution in [0.1, 0.15) is 31.0 Å². The highest BCUT2D eigenvalue weighted by atomic mass is 32.2. The minimum Gasteiger partial charge on any atom is -0.487 e. The van der Waals surface area contributed by atoms with Crippen molar-refractivity contribution in [2.24, 2.45) is 5.73 Å². The molecule has 100 valence electrons. The van der Waals surface area contributed by atoms with E-state index in [0.29, 0.717) is 0 Å². The molecule has 1 heterocycles. The first-order valence-electron chi connectivity index (χ1n) is 5.91. The van der Waals surface area contributed by atoms with Crippen LogP contribution in [0.25, 0.3) is 0 Å². The van der Waals surface area contributed by atoms with E-state index in [1.54, 1.807) is 0 Å². The summed E-state index contributed by atoms with van der Waals surface area (Å²) in [4.78, 5) is 0. The lowest BCUT2D eigenvalue weighted by Gasteiger charge is -2.16. The smallest absolute Gasteiger partial charge is 0.149 e. The van der Waals surface area contributed by atoms with Crippen LogP contribution in [0.5, 0.6) is 5.75 Å². The first-order chi connectivity index (χ1) is 8.16. The molecule has 0 aromatic heterocycles. The molecule has 1 atom stereocenters. The van der Waals surface area contributed by atoms with Crippen molar-refractivity contribution in [1.82, 2.24) is 0 Å². The SMILES string of the molecule is CC1(C)Cc2cc(C(N)CS(C)(=O)=O)ccc2O1. The molecule has 0 saturated carbocycles. The molecule has 2 rings (SSSR count). The van der Waals surface area contributed by atoms with Crippen molar-refractivity contribution in [3.8, 4) is 5.75 Å². The molecule has 18 heavy (non-hydrogen) atoms. The quantitative estimate of drug-likeness (QED) is 0.901. The van der Waals surface area contributed by atoms with Gasteiger partial charge in [0.2, 0.25) is 0 Å². The number of hydrogen-bond acceptors (Lipinski definition) is 4. The summed E-state index contributed by atoms with van der Waals surface area (Å²) in [7, 11) is -3.06. The van der Waals surface area contributed by atoms with E-state index in [0.717, 1.165) is 23.3 Å². The number of sulfone groups is 1. The summed E-state index contributed by atoms with van der Waals surface area (Å²) in [5, 5.41) is 0. The van der Waals surface area contributed by atoms with Gasteiger partial charge in [-0.3, -0.25) is 0 Å². The average Bonchev–Trinajstić information content (AvgIpc) is 2.47. The molecule has 0 bridgehead atoms. The second kappa shape index (κ2) is 4.24. The van der Waals surface area contributed by atoms with Crippen LogP contribution >= 0.6 is 0 Å². The molecule has 0 fully saturated rings. The molecule has 1 unspecified atom stereocenters. The maximum atomic E-state index is 11.2. The summed E-state index contributed by atoms with van der Waals surface area (Å²) < 4.78 is 28.3. The fraction of sp³-hybridized carbons (Fsp3) is 0.538. The average molecular weight is 269 g/mol. The highest BCUT2D eigenvalue weighted by Crippen LogP contribution is 2.36. The third-order valence-corrected chi connectivity index (χ3v) is 3.96. The number of ether oxygens (including phenoxy) is 1. The van der Waals surface area contributed by atoms with Crippen molar-refractivity contribution in [3.63, 3.8) is 0 Å². The van der Waals surface area contributed by atoms with Crippen LogP contribution in [-0.2, 0) is 16.3 Å². The second-order valence-electron chi connectivity index (χ2n) is 5.60. The minimum atomic E-state index is -3.06. The van der Waals surface area contributed by atoms with Crippen molar-refractivity contribution in [2.45, 2.75) is 31.9 Å². The molecule has 0 amide bonds. The molecule has 5 heteroatoms. The van der Waals surface area contributed by atoms with E-state index >= 15 is 0 Å². The van der Waals surface area contributed by atoms with Gasteiger partial charge < -0.3 is 10.5 Å². The zero-order chi connectivity index (χ0) is 13.6. The number of fused-ring (bicyclic) bond motifs is 1. The summed E-state index contributed by atoms with van der Waals surface area (Å²) in [6.07, 6.45) is 2.02. The highest BCUT2D eigenvalue weighted by Gasteiger charge is 2.30. The van der Waals surface area contributed by atoms with Gasteiger partial charge in [0.1, 0.15) is 21.2 Å². The van der Waals surface area contributed by atoms with E-state index in [1.165, 1.54) is 6.26 Å². The van der Waals surface area contributed by atoms with Gasteiger partial charge in [-0.2, -0.15) is 0 Å². The van der Waals surface area contributed by atoms with Crippen molar-refractivity contribution in [2.75, 3.05) is 12.0 Å². The number of nitrogens with two attached hydrogens (primary N) is 1. The van der Waals surface area contributed by atoms with Gasteiger partial charge in [0.05, 0.1) is 5.75 Å². The van der Waals surface area contributed by atoms with Crippen molar-refractivity contribution in [3.05, 3.63) is 29.3 Å². The van der Waals surface area contributed by atoms with E-state index in [-0.39, 0.29) is 11.4 Å². The Labute approximate surface area is 108 Å². The number of hydrogen-bond donors (Lipinski definition) is 1. The van der Waals surface area contributed by atoms with Gasteiger partial charge in [-0.25, -0.2) is 8.42 Å². The molecule has 0 saturated heterocycles. The molecular weight excluding hydrogens is 250 g/mol. The topological polar surface area (TPSA) is 69.4 Å². The predicted molar refractivity (Wildman–Crippen MR) is 71.5 cm³/mol. The van der Waals surface area contributed by atoms with Gasteiger partial charge in [0.15, 0.2) is 0 Å². The first-order valence-corrected chi connectivity index (χ1v) is 7.97. The maximum Gasteiger partial charge on any atom is 0.149 e. The Balaban J connectivity index is 2.24. The van der Waals surface area contributed by atoms with Crippen LogP contribution in [0.4, 0.5) is 0 Å². The highest BCUT2D eigenvalue weighted by molar-refractivity contribution is 7.90. The molecule has 1 aliphatic heterocycles. The van der Waals surface area contributed by atoms with Crippen LogP contribution in [0, 0.1) is 0 Å². The van der Waals surface area contributed by atoms with E-state index < -0.39 is 15.9 Å². The largest absolute Gasteiger partial charge is 0.487 e. The monoisotopic (exact) mass is 269 g/mol. The van der Waals surface area contributed by atoms with Crippen molar-refractivity contribution in [1.29, 1.82) is 0 Å². The fourth-order valence-corrected chi connectivity index (χ4v) is 3.13.